The third kappa shape index (κ3) is 3.46. The Balaban J connectivity index is 1.87. The van der Waals surface area contributed by atoms with Gasteiger partial charge in [0.1, 0.15) is 5.82 Å². The molecule has 2 atom stereocenters. The minimum Gasteiger partial charge on any atom is -0.481 e. The molecule has 0 spiro atoms. The molecule has 168 valence electrons. The van der Waals surface area contributed by atoms with Crippen molar-refractivity contribution in [3.63, 3.8) is 0 Å². The van der Waals surface area contributed by atoms with Gasteiger partial charge < -0.3 is 9.67 Å². The van der Waals surface area contributed by atoms with Crippen LogP contribution in [0.2, 0.25) is 0 Å². The highest BCUT2D eigenvalue weighted by Crippen LogP contribution is 2.48. The van der Waals surface area contributed by atoms with Crippen LogP contribution >= 0.6 is 0 Å². The van der Waals surface area contributed by atoms with Crippen molar-refractivity contribution in [2.24, 2.45) is 5.92 Å². The molecule has 1 saturated carbocycles. The number of fused-ring (bicyclic) bond motifs is 2. The molecule has 0 radical (unpaired) electrons. The van der Waals surface area contributed by atoms with E-state index >= 15 is 0 Å². The smallest absolute Gasteiger partial charge is 0.306 e. The zero-order valence-electron chi connectivity index (χ0n) is 18.6. The molecule has 0 amide bonds. The molecular weight excluding hydrogens is 419 g/mol. The number of halogens is 1. The summed E-state index contributed by atoms with van der Waals surface area (Å²) in [5, 5.41) is 28.5. The summed E-state index contributed by atoms with van der Waals surface area (Å²) in [5.41, 5.74) is 4.23. The molecule has 33 heavy (non-hydrogen) atoms. The summed E-state index contributed by atoms with van der Waals surface area (Å²) in [6.45, 7) is 4.09. The van der Waals surface area contributed by atoms with Crippen LogP contribution in [0.5, 0.6) is 0 Å². The summed E-state index contributed by atoms with van der Waals surface area (Å²) >= 11 is 0. The second-order valence-corrected chi connectivity index (χ2v) is 9.66. The van der Waals surface area contributed by atoms with E-state index in [0.717, 1.165) is 45.2 Å². The molecule has 5 rings (SSSR count). The number of carboxylic acid groups (broad SMARTS) is 1. The van der Waals surface area contributed by atoms with Crippen LogP contribution in [-0.2, 0) is 10.2 Å². The molecule has 1 unspecified atom stereocenters. The van der Waals surface area contributed by atoms with Gasteiger partial charge in [0.25, 0.3) is 0 Å². The normalized spacial score (nSPS) is 18.7. The maximum atomic E-state index is 13.8. The first-order valence-electron chi connectivity index (χ1n) is 11.2. The van der Waals surface area contributed by atoms with Gasteiger partial charge in [0.15, 0.2) is 0 Å². The Kier molecular flexibility index (Phi) is 4.97. The van der Waals surface area contributed by atoms with Crippen LogP contribution in [0.1, 0.15) is 56.7 Å². The van der Waals surface area contributed by atoms with Gasteiger partial charge in [-0.25, -0.2) is 4.39 Å². The molecule has 7 heteroatoms. The van der Waals surface area contributed by atoms with Gasteiger partial charge in [-0.2, -0.15) is 10.4 Å². The van der Waals surface area contributed by atoms with Gasteiger partial charge in [-0.15, -0.1) is 0 Å². The van der Waals surface area contributed by atoms with Gasteiger partial charge in [0.2, 0.25) is 0 Å². The summed E-state index contributed by atoms with van der Waals surface area (Å²) in [4.78, 5) is 11.7. The van der Waals surface area contributed by atoms with Crippen molar-refractivity contribution in [2.75, 3.05) is 0 Å². The molecule has 0 aliphatic heterocycles. The van der Waals surface area contributed by atoms with Gasteiger partial charge in [-0.3, -0.25) is 9.89 Å². The molecule has 4 aromatic rings. The second kappa shape index (κ2) is 7.73. The molecule has 2 heterocycles. The van der Waals surface area contributed by atoms with Crippen LogP contribution in [0.25, 0.3) is 27.5 Å². The number of aromatic nitrogens is 3. The third-order valence-electron chi connectivity index (χ3n) is 7.00. The number of rotatable bonds is 5. The minimum absolute atomic E-state index is 0.0589. The average Bonchev–Trinajstić information content (AvgIpc) is 3.49. The van der Waals surface area contributed by atoms with Crippen molar-refractivity contribution in [1.29, 1.82) is 5.26 Å². The molecule has 1 fully saturated rings. The Morgan fingerprint density at radius 3 is 2.73 bits per heavy atom. The van der Waals surface area contributed by atoms with Gasteiger partial charge in [-0.05, 0) is 67.1 Å². The number of carbonyl (C=O) groups is 1. The number of nitrogens with zero attached hydrogens (tertiary/aromatic N) is 3. The topological polar surface area (TPSA) is 94.7 Å². The molecular formula is C26H25FN4O2. The van der Waals surface area contributed by atoms with Gasteiger partial charge >= 0.3 is 5.97 Å². The number of aromatic amines is 1. The lowest BCUT2D eigenvalue weighted by Gasteiger charge is -2.28. The largest absolute Gasteiger partial charge is 0.481 e. The Labute approximate surface area is 190 Å². The average molecular weight is 445 g/mol. The van der Waals surface area contributed by atoms with Gasteiger partial charge in [0.05, 0.1) is 29.2 Å². The van der Waals surface area contributed by atoms with Crippen molar-refractivity contribution in [3.8, 4) is 11.8 Å². The maximum absolute atomic E-state index is 13.8. The number of H-pyrrole nitrogens is 1. The standard InChI is InChI=1S/C26H25FN4O2/c1-26(2,9-10-28)24-23(15-3-4-16(11-15)25(32)33)20-13-21-17(14-29-30-21)12-22(20)31(24)19-7-5-18(27)6-8-19/h5-8,12-16H,3-4,9,11H2,1-2H3,(H,29,30)(H,32,33)/t15-,16?/m1/s1. The molecule has 6 nitrogen and oxygen atoms in total. The highest BCUT2D eigenvalue weighted by Gasteiger charge is 2.38. The lowest BCUT2D eigenvalue weighted by Crippen LogP contribution is -2.23. The molecule has 2 aromatic heterocycles. The fourth-order valence-electron chi connectivity index (χ4n) is 5.44. The fraction of sp³-hybridized carbons (Fsp3) is 0.346. The summed E-state index contributed by atoms with van der Waals surface area (Å²) in [6, 6.07) is 12.8. The number of benzene rings is 2. The first-order valence-corrected chi connectivity index (χ1v) is 11.2. The van der Waals surface area contributed by atoms with E-state index in [0.29, 0.717) is 19.3 Å². The molecule has 1 aliphatic rings. The molecule has 2 N–H and O–H groups in total. The second-order valence-electron chi connectivity index (χ2n) is 9.66. The number of nitriles is 1. The zero-order chi connectivity index (χ0) is 23.3. The van der Waals surface area contributed by atoms with Crippen molar-refractivity contribution in [3.05, 3.63) is 59.7 Å². The Bertz CT molecular complexity index is 1410. The van der Waals surface area contributed by atoms with E-state index in [4.69, 9.17) is 0 Å². The number of hydrogen-bond donors (Lipinski definition) is 2. The highest BCUT2D eigenvalue weighted by molar-refractivity contribution is 5.99. The van der Waals surface area contributed by atoms with E-state index in [1.54, 1.807) is 18.3 Å². The lowest BCUT2D eigenvalue weighted by atomic mass is 9.79. The van der Waals surface area contributed by atoms with Crippen molar-refractivity contribution < 1.29 is 14.3 Å². The third-order valence-corrected chi connectivity index (χ3v) is 7.00. The Hall–Kier alpha value is -3.66. The Morgan fingerprint density at radius 2 is 2.06 bits per heavy atom. The van der Waals surface area contributed by atoms with Gasteiger partial charge in [0, 0.05) is 34.0 Å². The number of carboxylic acids is 1. The predicted molar refractivity (Wildman–Crippen MR) is 124 cm³/mol. The lowest BCUT2D eigenvalue weighted by molar-refractivity contribution is -0.141. The van der Waals surface area contributed by atoms with Crippen LogP contribution in [-0.4, -0.2) is 25.8 Å². The van der Waals surface area contributed by atoms with E-state index in [-0.39, 0.29) is 17.7 Å². The molecule has 0 saturated heterocycles. The van der Waals surface area contributed by atoms with E-state index in [9.17, 15) is 19.6 Å². The molecule has 2 aromatic carbocycles. The van der Waals surface area contributed by atoms with E-state index in [1.165, 1.54) is 12.1 Å². The van der Waals surface area contributed by atoms with Crippen LogP contribution in [0, 0.1) is 23.1 Å². The van der Waals surface area contributed by atoms with Crippen LogP contribution < -0.4 is 0 Å². The first-order chi connectivity index (χ1) is 15.8. The van der Waals surface area contributed by atoms with Crippen LogP contribution in [0.15, 0.2) is 42.6 Å². The van der Waals surface area contributed by atoms with E-state index < -0.39 is 11.4 Å². The maximum Gasteiger partial charge on any atom is 0.306 e. The van der Waals surface area contributed by atoms with E-state index in [1.807, 2.05) is 13.8 Å². The summed E-state index contributed by atoms with van der Waals surface area (Å²) < 4.78 is 15.9. The van der Waals surface area contributed by atoms with Gasteiger partial charge in [-0.1, -0.05) is 13.8 Å². The predicted octanol–water partition coefficient (Wildman–Crippen LogP) is 5.81. The van der Waals surface area contributed by atoms with Crippen molar-refractivity contribution in [2.45, 2.75) is 50.9 Å². The SMILES string of the molecule is CC(C)(CC#N)c1c([C@@H]2CCC(C(=O)O)C2)c2cc3[nH]ncc3cc2n1-c1ccc(F)cc1. The number of hydrogen-bond acceptors (Lipinski definition) is 3. The monoisotopic (exact) mass is 444 g/mol. The Morgan fingerprint density at radius 1 is 1.30 bits per heavy atom. The van der Waals surface area contributed by atoms with Crippen molar-refractivity contribution >= 4 is 27.8 Å². The number of aliphatic carboxylic acids is 1. The van der Waals surface area contributed by atoms with Crippen LogP contribution in [0.4, 0.5) is 4.39 Å². The first kappa shape index (κ1) is 21.2. The zero-order valence-corrected chi connectivity index (χ0v) is 18.6. The minimum atomic E-state index is -0.756. The summed E-state index contributed by atoms with van der Waals surface area (Å²) in [6.07, 6.45) is 4.04. The summed E-state index contributed by atoms with van der Waals surface area (Å²) in [7, 11) is 0. The van der Waals surface area contributed by atoms with E-state index in [2.05, 4.69) is 33.0 Å². The fourth-order valence-corrected chi connectivity index (χ4v) is 5.44. The van der Waals surface area contributed by atoms with Crippen LogP contribution in [0.3, 0.4) is 0 Å². The van der Waals surface area contributed by atoms with Crippen molar-refractivity contribution in [1.82, 2.24) is 14.8 Å². The quantitative estimate of drug-likeness (QED) is 0.406. The summed E-state index contributed by atoms with van der Waals surface area (Å²) in [5.74, 6) is -1.38. The molecule has 0 bridgehead atoms. The molecule has 1 aliphatic carbocycles. The number of nitrogens with one attached hydrogen (secondary N) is 1. The highest BCUT2D eigenvalue weighted by atomic mass is 19.1.